The molecular formula is C14H20F3NO4. The number of carboxylic acid groups (broad SMARTS) is 1. The van der Waals surface area contributed by atoms with Gasteiger partial charge in [-0.2, -0.15) is 13.2 Å². The second-order valence-electron chi connectivity index (χ2n) is 6.26. The number of likely N-dealkylation sites (tertiary alicyclic amines) is 1. The van der Waals surface area contributed by atoms with Gasteiger partial charge in [-0.05, 0) is 19.3 Å². The fourth-order valence-electron chi connectivity index (χ4n) is 3.28. The number of nitrogens with zero attached hydrogens (tertiary/aromatic N) is 1. The largest absolute Gasteiger partial charge is 0.479 e. The van der Waals surface area contributed by atoms with Crippen molar-refractivity contribution in [2.45, 2.75) is 50.3 Å². The van der Waals surface area contributed by atoms with E-state index in [2.05, 4.69) is 0 Å². The third-order valence-corrected chi connectivity index (χ3v) is 4.79. The Morgan fingerprint density at radius 1 is 1.14 bits per heavy atom. The van der Waals surface area contributed by atoms with Crippen molar-refractivity contribution >= 4 is 11.9 Å². The van der Waals surface area contributed by atoms with Crippen LogP contribution in [-0.4, -0.2) is 51.9 Å². The minimum Gasteiger partial charge on any atom is -0.479 e. The maximum Gasteiger partial charge on any atom is 0.391 e. The second kappa shape index (κ2) is 6.06. The summed E-state index contributed by atoms with van der Waals surface area (Å²) in [5, 5.41) is 18.7. The number of carbonyl (C=O) groups excluding carboxylic acids is 1. The van der Waals surface area contributed by atoms with Gasteiger partial charge in [-0.3, -0.25) is 4.79 Å². The first kappa shape index (κ1) is 17.1. The summed E-state index contributed by atoms with van der Waals surface area (Å²) in [7, 11) is 0. The molecule has 0 bridgehead atoms. The van der Waals surface area contributed by atoms with E-state index in [4.69, 9.17) is 5.11 Å². The molecule has 2 rings (SSSR count). The van der Waals surface area contributed by atoms with Crippen molar-refractivity contribution < 1.29 is 33.0 Å². The smallest absolute Gasteiger partial charge is 0.391 e. The summed E-state index contributed by atoms with van der Waals surface area (Å²) in [5.74, 6) is -3.76. The summed E-state index contributed by atoms with van der Waals surface area (Å²) < 4.78 is 38.4. The van der Waals surface area contributed by atoms with Gasteiger partial charge in [-0.25, -0.2) is 4.79 Å². The highest BCUT2D eigenvalue weighted by Crippen LogP contribution is 2.40. The molecule has 2 aliphatic rings. The van der Waals surface area contributed by atoms with Crippen LogP contribution in [0.25, 0.3) is 0 Å². The third kappa shape index (κ3) is 3.53. The number of amides is 1. The molecule has 2 atom stereocenters. The Morgan fingerprint density at radius 2 is 1.73 bits per heavy atom. The molecule has 0 spiro atoms. The van der Waals surface area contributed by atoms with E-state index in [1.807, 2.05) is 0 Å². The number of piperidine rings is 1. The molecular weight excluding hydrogens is 303 g/mol. The third-order valence-electron chi connectivity index (χ3n) is 4.79. The van der Waals surface area contributed by atoms with Crippen LogP contribution in [0, 0.1) is 11.8 Å². The van der Waals surface area contributed by atoms with E-state index in [1.54, 1.807) is 0 Å². The molecule has 8 heteroatoms. The molecule has 2 N–H and O–H groups in total. The first-order valence-electron chi connectivity index (χ1n) is 7.45. The molecule has 5 nitrogen and oxygen atoms in total. The summed E-state index contributed by atoms with van der Waals surface area (Å²) >= 11 is 0. The number of halogens is 3. The number of aliphatic carboxylic acids is 1. The number of rotatable bonds is 2. The minimum absolute atomic E-state index is 0.0616. The van der Waals surface area contributed by atoms with Crippen LogP contribution in [0.15, 0.2) is 0 Å². The van der Waals surface area contributed by atoms with E-state index >= 15 is 0 Å². The van der Waals surface area contributed by atoms with E-state index in [-0.39, 0.29) is 44.7 Å². The standard InChI is InChI=1S/C14H20F3NO4/c15-14(16,17)10-3-1-2-9(8-10)11(19)18-6-4-13(22,5-7-18)12(20)21/h9-10,22H,1-8H2,(H,20,21). The van der Waals surface area contributed by atoms with Crippen LogP contribution >= 0.6 is 0 Å². The van der Waals surface area contributed by atoms with E-state index < -0.39 is 29.6 Å². The highest BCUT2D eigenvalue weighted by Gasteiger charge is 2.46. The Morgan fingerprint density at radius 3 is 2.23 bits per heavy atom. The number of carbonyl (C=O) groups is 2. The normalized spacial score (nSPS) is 29.2. The van der Waals surface area contributed by atoms with Gasteiger partial charge in [-0.1, -0.05) is 6.42 Å². The quantitative estimate of drug-likeness (QED) is 0.812. The Kier molecular flexibility index (Phi) is 4.70. The summed E-state index contributed by atoms with van der Waals surface area (Å²) in [5.41, 5.74) is -1.84. The monoisotopic (exact) mass is 323 g/mol. The van der Waals surface area contributed by atoms with Gasteiger partial charge in [0.2, 0.25) is 5.91 Å². The first-order chi connectivity index (χ1) is 10.1. The Balaban J connectivity index is 1.94. The average Bonchev–Trinajstić information content (AvgIpc) is 2.46. The highest BCUT2D eigenvalue weighted by molar-refractivity contribution is 5.81. The lowest BCUT2D eigenvalue weighted by Gasteiger charge is -2.38. The van der Waals surface area contributed by atoms with E-state index in [1.165, 1.54) is 4.90 Å². The topological polar surface area (TPSA) is 77.8 Å². The van der Waals surface area contributed by atoms with Gasteiger partial charge in [0, 0.05) is 31.8 Å². The van der Waals surface area contributed by atoms with Gasteiger partial charge in [0.05, 0.1) is 5.92 Å². The second-order valence-corrected chi connectivity index (χ2v) is 6.26. The molecule has 2 fully saturated rings. The van der Waals surface area contributed by atoms with E-state index in [0.717, 1.165) is 0 Å². The fourth-order valence-corrected chi connectivity index (χ4v) is 3.28. The van der Waals surface area contributed by atoms with Crippen molar-refractivity contribution in [1.29, 1.82) is 0 Å². The SMILES string of the molecule is O=C(C1CCCC(C(F)(F)F)C1)N1CCC(O)(C(=O)O)CC1. The zero-order chi connectivity index (χ0) is 16.5. The van der Waals surface area contributed by atoms with E-state index in [0.29, 0.717) is 12.8 Å². The van der Waals surface area contributed by atoms with Crippen LogP contribution in [-0.2, 0) is 9.59 Å². The predicted octanol–water partition coefficient (Wildman–Crippen LogP) is 1.79. The number of hydrogen-bond donors (Lipinski definition) is 2. The Bertz CT molecular complexity index is 444. The average molecular weight is 323 g/mol. The summed E-state index contributed by atoms with van der Waals surface area (Å²) in [6.07, 6.45) is -3.79. The summed E-state index contributed by atoms with van der Waals surface area (Å²) in [4.78, 5) is 24.7. The molecule has 1 amide bonds. The molecule has 1 aliphatic carbocycles. The minimum atomic E-state index is -4.27. The van der Waals surface area contributed by atoms with Gasteiger partial charge >= 0.3 is 12.1 Å². The van der Waals surface area contributed by atoms with Crippen LogP contribution in [0.5, 0.6) is 0 Å². The van der Waals surface area contributed by atoms with Crippen LogP contribution in [0.2, 0.25) is 0 Å². The predicted molar refractivity (Wildman–Crippen MR) is 69.9 cm³/mol. The molecule has 22 heavy (non-hydrogen) atoms. The molecule has 1 aliphatic heterocycles. The fraction of sp³-hybridized carbons (Fsp3) is 0.857. The molecule has 0 radical (unpaired) electrons. The van der Waals surface area contributed by atoms with Crippen molar-refractivity contribution in [3.8, 4) is 0 Å². The zero-order valence-electron chi connectivity index (χ0n) is 12.1. The van der Waals surface area contributed by atoms with Crippen LogP contribution in [0.3, 0.4) is 0 Å². The summed E-state index contributed by atoms with van der Waals surface area (Å²) in [6.45, 7) is 0.129. The van der Waals surface area contributed by atoms with Crippen LogP contribution in [0.4, 0.5) is 13.2 Å². The Hall–Kier alpha value is -1.31. The van der Waals surface area contributed by atoms with Crippen molar-refractivity contribution in [3.05, 3.63) is 0 Å². The van der Waals surface area contributed by atoms with E-state index in [9.17, 15) is 27.9 Å². The first-order valence-corrected chi connectivity index (χ1v) is 7.45. The molecule has 1 saturated carbocycles. The molecule has 126 valence electrons. The highest BCUT2D eigenvalue weighted by atomic mass is 19.4. The Labute approximate surface area is 126 Å². The van der Waals surface area contributed by atoms with Gasteiger partial charge in [0.15, 0.2) is 5.60 Å². The number of carboxylic acids is 1. The molecule has 2 unspecified atom stereocenters. The van der Waals surface area contributed by atoms with Gasteiger partial charge in [-0.15, -0.1) is 0 Å². The molecule has 0 aromatic carbocycles. The maximum absolute atomic E-state index is 12.8. The lowest BCUT2D eigenvalue weighted by Crippen LogP contribution is -2.52. The number of alkyl halides is 3. The molecule has 1 saturated heterocycles. The number of aliphatic hydroxyl groups is 1. The van der Waals surface area contributed by atoms with Gasteiger partial charge in [0.25, 0.3) is 0 Å². The van der Waals surface area contributed by atoms with Gasteiger partial charge < -0.3 is 15.1 Å². The number of hydrogen-bond acceptors (Lipinski definition) is 3. The molecule has 1 heterocycles. The molecule has 0 aromatic rings. The van der Waals surface area contributed by atoms with Crippen molar-refractivity contribution in [1.82, 2.24) is 4.90 Å². The van der Waals surface area contributed by atoms with Crippen molar-refractivity contribution in [3.63, 3.8) is 0 Å². The van der Waals surface area contributed by atoms with Crippen molar-refractivity contribution in [2.75, 3.05) is 13.1 Å². The zero-order valence-corrected chi connectivity index (χ0v) is 12.1. The maximum atomic E-state index is 12.8. The lowest BCUT2D eigenvalue weighted by atomic mass is 9.80. The van der Waals surface area contributed by atoms with Gasteiger partial charge in [0.1, 0.15) is 0 Å². The summed E-state index contributed by atoms with van der Waals surface area (Å²) in [6, 6.07) is 0. The van der Waals surface area contributed by atoms with Crippen LogP contribution < -0.4 is 0 Å². The molecule has 0 aromatic heterocycles. The lowest BCUT2D eigenvalue weighted by molar-refractivity contribution is -0.188. The van der Waals surface area contributed by atoms with Crippen molar-refractivity contribution in [2.24, 2.45) is 11.8 Å². The van der Waals surface area contributed by atoms with Crippen LogP contribution in [0.1, 0.15) is 38.5 Å².